The number of benzene rings is 2. The molecule has 1 aromatic heterocycles. The number of anilines is 1. The van der Waals surface area contributed by atoms with Gasteiger partial charge in [0.2, 0.25) is 0 Å². The zero-order valence-corrected chi connectivity index (χ0v) is 20.7. The first kappa shape index (κ1) is 22.4. The van der Waals surface area contributed by atoms with Crippen molar-refractivity contribution in [1.29, 1.82) is 0 Å². The van der Waals surface area contributed by atoms with Gasteiger partial charge in [0.25, 0.3) is 0 Å². The van der Waals surface area contributed by atoms with Gasteiger partial charge in [0.15, 0.2) is 5.76 Å². The fourth-order valence-electron chi connectivity index (χ4n) is 6.73. The summed E-state index contributed by atoms with van der Waals surface area (Å²) in [5.74, 6) is 1.59. The summed E-state index contributed by atoms with van der Waals surface area (Å²) in [6.07, 6.45) is 10.2. The first-order valence-electron chi connectivity index (χ1n) is 13.1. The van der Waals surface area contributed by atoms with Crippen LogP contribution in [0.15, 0.2) is 59.1 Å². The van der Waals surface area contributed by atoms with Gasteiger partial charge in [-0.05, 0) is 93.1 Å². The third-order valence-corrected chi connectivity index (χ3v) is 9.15. The van der Waals surface area contributed by atoms with Crippen LogP contribution in [0.2, 0.25) is 0 Å². The average Bonchev–Trinajstić information content (AvgIpc) is 3.71. The molecule has 5 heteroatoms. The molecular formula is C30H34N2O3. The number of hydrogen-bond donors (Lipinski definition) is 1. The Hall–Kier alpha value is -3.08. The number of nitrogens with one attached hydrogen (secondary N) is 1. The second kappa shape index (κ2) is 8.54. The van der Waals surface area contributed by atoms with Gasteiger partial charge in [0, 0.05) is 5.56 Å². The van der Waals surface area contributed by atoms with Crippen LogP contribution in [0.1, 0.15) is 81.2 Å². The molecule has 0 spiro atoms. The third-order valence-electron chi connectivity index (χ3n) is 9.15. The van der Waals surface area contributed by atoms with E-state index in [1.54, 1.807) is 0 Å². The summed E-state index contributed by atoms with van der Waals surface area (Å²) in [7, 11) is 0. The molecule has 1 atom stereocenters. The Balaban J connectivity index is 1.16. The summed E-state index contributed by atoms with van der Waals surface area (Å²) < 4.78 is 11.2. The minimum Gasteiger partial charge on any atom is -0.441 e. The van der Waals surface area contributed by atoms with Gasteiger partial charge in [0.05, 0.1) is 0 Å². The molecule has 4 aliphatic carbocycles. The van der Waals surface area contributed by atoms with Crippen LogP contribution in [0.5, 0.6) is 0 Å². The van der Waals surface area contributed by atoms with Crippen molar-refractivity contribution in [2.24, 2.45) is 11.3 Å². The van der Waals surface area contributed by atoms with E-state index in [9.17, 15) is 4.79 Å². The van der Waals surface area contributed by atoms with Crippen LogP contribution in [0, 0.1) is 18.3 Å². The molecule has 1 amide bonds. The molecule has 4 saturated carbocycles. The fourth-order valence-corrected chi connectivity index (χ4v) is 6.73. The van der Waals surface area contributed by atoms with Crippen molar-refractivity contribution in [2.75, 3.05) is 5.32 Å². The molecule has 1 heterocycles. The van der Waals surface area contributed by atoms with E-state index in [1.807, 2.05) is 44.2 Å². The number of aromatic nitrogens is 1. The van der Waals surface area contributed by atoms with Crippen LogP contribution >= 0.6 is 0 Å². The maximum Gasteiger partial charge on any atom is 0.412 e. The molecule has 3 aromatic rings. The Bertz CT molecular complexity index is 1190. The normalized spacial score (nSPS) is 26.3. The SMILES string of the molecule is Cc1noc(-c2ccc(C34CCC(C5CC5)(CC3)CC4)cc2)c1NC(=O)OC(C)c1ccccc1. The first-order chi connectivity index (χ1) is 17.0. The quantitative estimate of drug-likeness (QED) is 0.397. The second-order valence-electron chi connectivity index (χ2n) is 11.0. The smallest absolute Gasteiger partial charge is 0.412 e. The number of fused-ring (bicyclic) bond motifs is 3. The molecule has 5 nitrogen and oxygen atoms in total. The Kier molecular flexibility index (Phi) is 5.46. The van der Waals surface area contributed by atoms with Crippen LogP contribution in [-0.2, 0) is 10.2 Å². The molecule has 7 rings (SSSR count). The molecule has 35 heavy (non-hydrogen) atoms. The van der Waals surface area contributed by atoms with Gasteiger partial charge in [-0.15, -0.1) is 0 Å². The summed E-state index contributed by atoms with van der Waals surface area (Å²) >= 11 is 0. The van der Waals surface area contributed by atoms with E-state index in [0.717, 1.165) is 17.0 Å². The molecule has 0 saturated heterocycles. The van der Waals surface area contributed by atoms with Gasteiger partial charge < -0.3 is 9.26 Å². The number of carbonyl (C=O) groups is 1. The van der Waals surface area contributed by atoms with E-state index in [4.69, 9.17) is 9.26 Å². The maximum absolute atomic E-state index is 12.7. The third kappa shape index (κ3) is 4.05. The van der Waals surface area contributed by atoms with Gasteiger partial charge in [-0.25, -0.2) is 4.79 Å². The molecule has 0 aliphatic heterocycles. The molecule has 182 valence electrons. The summed E-state index contributed by atoms with van der Waals surface area (Å²) in [5.41, 5.74) is 5.51. The van der Waals surface area contributed by atoms with Crippen LogP contribution in [-0.4, -0.2) is 11.2 Å². The van der Waals surface area contributed by atoms with Crippen molar-refractivity contribution in [3.63, 3.8) is 0 Å². The zero-order valence-electron chi connectivity index (χ0n) is 20.7. The van der Waals surface area contributed by atoms with E-state index >= 15 is 0 Å². The Labute approximate surface area is 207 Å². The highest BCUT2D eigenvalue weighted by atomic mass is 16.6. The van der Waals surface area contributed by atoms with Gasteiger partial charge in [-0.1, -0.05) is 59.8 Å². The minimum atomic E-state index is -0.520. The number of aryl methyl sites for hydroxylation is 1. The number of rotatable bonds is 6. The number of amides is 1. The standard InChI is InChI=1S/C30H34N2O3/c1-20-26(31-28(33)34-21(2)22-6-4-3-5-7-22)27(35-32-20)23-8-10-24(11-9-23)29-14-17-30(18-15-29,19-16-29)25-12-13-25/h3-11,21,25H,12-19H2,1-2H3,(H,31,33). The largest absolute Gasteiger partial charge is 0.441 e. The highest BCUT2D eigenvalue weighted by Crippen LogP contribution is 2.65. The first-order valence-corrected chi connectivity index (χ1v) is 13.1. The van der Waals surface area contributed by atoms with Crippen molar-refractivity contribution >= 4 is 11.8 Å². The van der Waals surface area contributed by atoms with E-state index in [-0.39, 0.29) is 6.10 Å². The molecule has 4 fully saturated rings. The molecule has 2 bridgehead atoms. The van der Waals surface area contributed by atoms with Crippen molar-refractivity contribution in [1.82, 2.24) is 5.16 Å². The number of ether oxygens (including phenoxy) is 1. The van der Waals surface area contributed by atoms with Crippen molar-refractivity contribution in [3.8, 4) is 11.3 Å². The molecule has 0 radical (unpaired) electrons. The van der Waals surface area contributed by atoms with Crippen molar-refractivity contribution < 1.29 is 14.1 Å². The number of nitrogens with zero attached hydrogens (tertiary/aromatic N) is 1. The van der Waals surface area contributed by atoms with Crippen molar-refractivity contribution in [2.45, 2.75) is 76.7 Å². The Morgan fingerprint density at radius 1 is 1.00 bits per heavy atom. The lowest BCUT2D eigenvalue weighted by molar-refractivity contribution is 0.0211. The summed E-state index contributed by atoms with van der Waals surface area (Å²) in [6.45, 7) is 3.69. The molecule has 1 unspecified atom stereocenters. The lowest BCUT2D eigenvalue weighted by Crippen LogP contribution is -2.45. The van der Waals surface area contributed by atoms with Gasteiger partial charge in [0.1, 0.15) is 17.5 Å². The summed E-state index contributed by atoms with van der Waals surface area (Å²) in [5, 5.41) is 6.98. The number of hydrogen-bond acceptors (Lipinski definition) is 4. The second-order valence-corrected chi connectivity index (χ2v) is 11.0. The van der Waals surface area contributed by atoms with Crippen LogP contribution < -0.4 is 5.32 Å². The monoisotopic (exact) mass is 470 g/mol. The van der Waals surface area contributed by atoms with Crippen LogP contribution in [0.3, 0.4) is 0 Å². The lowest BCUT2D eigenvalue weighted by Gasteiger charge is -2.54. The van der Waals surface area contributed by atoms with E-state index in [2.05, 4.69) is 34.7 Å². The predicted octanol–water partition coefficient (Wildman–Crippen LogP) is 7.96. The maximum atomic E-state index is 12.7. The topological polar surface area (TPSA) is 64.4 Å². The van der Waals surface area contributed by atoms with Crippen molar-refractivity contribution in [3.05, 3.63) is 71.4 Å². The molecular weight excluding hydrogens is 436 g/mol. The van der Waals surface area contributed by atoms with Gasteiger partial charge >= 0.3 is 6.09 Å². The van der Waals surface area contributed by atoms with Crippen LogP contribution in [0.4, 0.5) is 10.5 Å². The van der Waals surface area contributed by atoms with Crippen LogP contribution in [0.25, 0.3) is 11.3 Å². The van der Waals surface area contributed by atoms with E-state index in [1.165, 1.54) is 56.9 Å². The molecule has 2 aromatic carbocycles. The lowest BCUT2D eigenvalue weighted by atomic mass is 9.50. The predicted molar refractivity (Wildman–Crippen MR) is 136 cm³/mol. The van der Waals surface area contributed by atoms with Gasteiger partial charge in [-0.2, -0.15) is 0 Å². The minimum absolute atomic E-state index is 0.338. The highest BCUT2D eigenvalue weighted by Gasteiger charge is 2.54. The Morgan fingerprint density at radius 2 is 1.66 bits per heavy atom. The van der Waals surface area contributed by atoms with E-state index in [0.29, 0.717) is 28.0 Å². The zero-order chi connectivity index (χ0) is 24.0. The van der Waals surface area contributed by atoms with Gasteiger partial charge in [-0.3, -0.25) is 5.32 Å². The summed E-state index contributed by atoms with van der Waals surface area (Å²) in [6, 6.07) is 18.5. The highest BCUT2D eigenvalue weighted by molar-refractivity contribution is 5.90. The summed E-state index contributed by atoms with van der Waals surface area (Å²) in [4.78, 5) is 12.7. The average molecular weight is 471 g/mol. The Morgan fingerprint density at radius 3 is 2.29 bits per heavy atom. The number of carbonyl (C=O) groups excluding carboxylic acids is 1. The molecule has 4 aliphatic rings. The fraction of sp³-hybridized carbons (Fsp3) is 0.467. The van der Waals surface area contributed by atoms with E-state index < -0.39 is 6.09 Å². The molecule has 1 N–H and O–H groups in total.